The van der Waals surface area contributed by atoms with E-state index in [-0.39, 0.29) is 39.1 Å². The quantitative estimate of drug-likeness (QED) is 0.209. The number of hydrogen-bond acceptors (Lipinski definition) is 4. The third-order valence-corrected chi connectivity index (χ3v) is 18.3. The van der Waals surface area contributed by atoms with Crippen molar-refractivity contribution in [3.8, 4) is 0 Å². The van der Waals surface area contributed by atoms with Crippen LogP contribution < -0.4 is 0 Å². The van der Waals surface area contributed by atoms with Crippen LogP contribution >= 0.6 is 0 Å². The molecule has 0 N–H and O–H groups in total. The summed E-state index contributed by atoms with van der Waals surface area (Å²) in [6, 6.07) is 4.81. The highest BCUT2D eigenvalue weighted by Gasteiger charge is 2.72. The summed E-state index contributed by atoms with van der Waals surface area (Å²) < 4.78 is 8.49. The largest absolute Gasteiger partial charge is 0.462 e. The predicted octanol–water partition coefficient (Wildman–Crippen LogP) is 9.66. The van der Waals surface area contributed by atoms with Gasteiger partial charge in [-0.15, -0.1) is 0 Å². The van der Waals surface area contributed by atoms with E-state index in [1.807, 2.05) is 0 Å². The summed E-state index contributed by atoms with van der Waals surface area (Å²) in [4.78, 5) is 32.6. The number of ether oxygens (including phenoxy) is 1. The van der Waals surface area contributed by atoms with Gasteiger partial charge in [0.05, 0.1) is 5.41 Å². The molecule has 11 atom stereocenters. The average molecular weight is 714 g/mol. The van der Waals surface area contributed by atoms with Crippen molar-refractivity contribution in [3.05, 3.63) is 36.2 Å². The number of amides is 1. The summed E-state index contributed by atoms with van der Waals surface area (Å²) in [7, 11) is 0. The monoisotopic (exact) mass is 714 g/mol. The smallest absolute Gasteiger partial charge is 0.302 e. The number of aromatic nitrogens is 1. The molecule has 3 heterocycles. The van der Waals surface area contributed by atoms with Crippen LogP contribution in [0, 0.1) is 56.7 Å². The highest BCUT2D eigenvalue weighted by molar-refractivity contribution is 5.84. The molecule has 288 valence electrons. The van der Waals surface area contributed by atoms with Crippen LogP contribution in [0.5, 0.6) is 0 Å². The molecule has 0 aromatic carbocycles. The Bertz CT molecular complexity index is 1560. The zero-order valence-corrected chi connectivity index (χ0v) is 34.0. The molecule has 5 saturated carbocycles. The van der Waals surface area contributed by atoms with Crippen LogP contribution in [-0.4, -0.2) is 58.0 Å². The van der Waals surface area contributed by atoms with Crippen molar-refractivity contribution in [1.29, 1.82) is 0 Å². The first-order chi connectivity index (χ1) is 24.7. The van der Waals surface area contributed by atoms with Gasteiger partial charge in [-0.1, -0.05) is 46.8 Å². The lowest BCUT2D eigenvalue weighted by Gasteiger charge is -2.73. The standard InChI is InChI=1S/C46H71N3O3/c1-31(2)35-17-22-46(41(51)49-28-12-14-34(49)30-48-27-11-13-33(48)29-47-25-9-10-26-47)24-23-44(7)36(40(35)46)15-16-38-43(6)20-19-39(52-32(3)50)42(4,5)37(43)18-21-45(38,44)8/h11,13,27,34-40H,1,9-10,12,14-26,28-30H2,2-8H3/t34-,35-,36+,37-,38+,39-,40+,43-,44+,45+,46-/m0/s1. The van der Waals surface area contributed by atoms with E-state index >= 15 is 4.79 Å². The second kappa shape index (κ2) is 13.0. The van der Waals surface area contributed by atoms with E-state index in [4.69, 9.17) is 4.74 Å². The number of rotatable bonds is 7. The Kier molecular flexibility index (Phi) is 9.23. The molecule has 7 aliphatic rings. The summed E-state index contributed by atoms with van der Waals surface area (Å²) in [5.74, 6) is 2.98. The van der Waals surface area contributed by atoms with Crippen molar-refractivity contribution in [2.75, 3.05) is 19.6 Å². The normalized spacial score (nSPS) is 44.1. The van der Waals surface area contributed by atoms with Gasteiger partial charge < -0.3 is 14.2 Å². The number of fused-ring (bicyclic) bond motifs is 7. The molecule has 8 rings (SSSR count). The molecule has 6 nitrogen and oxygen atoms in total. The van der Waals surface area contributed by atoms with Gasteiger partial charge in [-0.25, -0.2) is 0 Å². The summed E-state index contributed by atoms with van der Waals surface area (Å²) in [5, 5.41) is 0. The Morgan fingerprint density at radius 3 is 2.33 bits per heavy atom. The van der Waals surface area contributed by atoms with Crippen molar-refractivity contribution in [3.63, 3.8) is 0 Å². The molecule has 2 saturated heterocycles. The van der Waals surface area contributed by atoms with E-state index in [0.29, 0.717) is 41.5 Å². The molecule has 6 heteroatoms. The number of allylic oxidation sites excluding steroid dienone is 1. The van der Waals surface area contributed by atoms with E-state index < -0.39 is 0 Å². The molecule has 1 amide bonds. The van der Waals surface area contributed by atoms with Crippen LogP contribution in [0.3, 0.4) is 0 Å². The molecule has 0 bridgehead atoms. The minimum Gasteiger partial charge on any atom is -0.462 e. The second-order valence-corrected chi connectivity index (χ2v) is 20.7. The fourth-order valence-corrected chi connectivity index (χ4v) is 15.6. The Morgan fingerprint density at radius 2 is 1.60 bits per heavy atom. The molecule has 2 aliphatic heterocycles. The topological polar surface area (TPSA) is 54.8 Å². The van der Waals surface area contributed by atoms with E-state index in [2.05, 4.69) is 80.8 Å². The maximum atomic E-state index is 15.5. The highest BCUT2D eigenvalue weighted by atomic mass is 16.5. The highest BCUT2D eigenvalue weighted by Crippen LogP contribution is 2.77. The maximum absolute atomic E-state index is 15.5. The molecule has 1 aromatic heterocycles. The third-order valence-electron chi connectivity index (χ3n) is 18.3. The Labute approximate surface area is 315 Å². The number of likely N-dealkylation sites (tertiary alicyclic amines) is 2. The number of carbonyl (C=O) groups excluding carboxylic acids is 2. The third kappa shape index (κ3) is 5.39. The fourth-order valence-electron chi connectivity index (χ4n) is 15.6. The zero-order chi connectivity index (χ0) is 36.8. The Morgan fingerprint density at radius 1 is 0.827 bits per heavy atom. The van der Waals surface area contributed by atoms with Crippen LogP contribution in [0.1, 0.15) is 144 Å². The lowest BCUT2D eigenvalue weighted by molar-refractivity contribution is -0.249. The lowest BCUT2D eigenvalue weighted by Crippen LogP contribution is -2.67. The van der Waals surface area contributed by atoms with Gasteiger partial charge in [0, 0.05) is 49.9 Å². The van der Waals surface area contributed by atoms with Crippen LogP contribution in [0.4, 0.5) is 0 Å². The molecular formula is C46H71N3O3. The van der Waals surface area contributed by atoms with Crippen LogP contribution in [-0.2, 0) is 27.4 Å². The van der Waals surface area contributed by atoms with Gasteiger partial charge in [-0.2, -0.15) is 0 Å². The van der Waals surface area contributed by atoms with E-state index in [1.165, 1.54) is 69.3 Å². The average Bonchev–Trinajstić information content (AvgIpc) is 3.91. The first-order valence-corrected chi connectivity index (χ1v) is 21.7. The van der Waals surface area contributed by atoms with Crippen molar-refractivity contribution < 1.29 is 14.3 Å². The molecule has 0 unspecified atom stereocenters. The van der Waals surface area contributed by atoms with Gasteiger partial charge in [0.2, 0.25) is 5.91 Å². The number of carbonyl (C=O) groups is 2. The molecule has 7 fully saturated rings. The fraction of sp³-hybridized carbons (Fsp3) is 0.826. The van der Waals surface area contributed by atoms with Crippen molar-refractivity contribution in [1.82, 2.24) is 14.4 Å². The number of hydrogen-bond donors (Lipinski definition) is 0. The number of nitrogens with zero attached hydrogens (tertiary/aromatic N) is 3. The zero-order valence-electron chi connectivity index (χ0n) is 34.0. The van der Waals surface area contributed by atoms with E-state index in [9.17, 15) is 4.79 Å². The molecular weight excluding hydrogens is 643 g/mol. The van der Waals surface area contributed by atoms with Gasteiger partial charge in [0.25, 0.3) is 0 Å². The first kappa shape index (κ1) is 36.9. The Balaban J connectivity index is 1.07. The minimum absolute atomic E-state index is 0.0130. The maximum Gasteiger partial charge on any atom is 0.302 e. The summed E-state index contributed by atoms with van der Waals surface area (Å²) >= 11 is 0. The van der Waals surface area contributed by atoms with Gasteiger partial charge in [-0.3, -0.25) is 14.5 Å². The molecule has 0 spiro atoms. The second-order valence-electron chi connectivity index (χ2n) is 20.7. The molecule has 0 radical (unpaired) electrons. The van der Waals surface area contributed by atoms with Gasteiger partial charge in [0.15, 0.2) is 0 Å². The molecule has 5 aliphatic carbocycles. The summed E-state index contributed by atoms with van der Waals surface area (Å²) in [5.41, 5.74) is 3.13. The van der Waals surface area contributed by atoms with Crippen LogP contribution in [0.2, 0.25) is 0 Å². The Hall–Kier alpha value is -2.08. The van der Waals surface area contributed by atoms with Gasteiger partial charge >= 0.3 is 5.97 Å². The number of esters is 1. The summed E-state index contributed by atoms with van der Waals surface area (Å²) in [6.45, 7) is 26.6. The minimum atomic E-state index is -0.250. The van der Waals surface area contributed by atoms with Crippen LogP contribution in [0.15, 0.2) is 30.5 Å². The van der Waals surface area contributed by atoms with Gasteiger partial charge in [-0.05, 0) is 168 Å². The molecule has 1 aromatic rings. The SMILES string of the molecule is C=C(C)[C@@H]1CC[C@]2(C(=O)N3CCC[C@H]3Cn3cccc3CN3CCCC3)CC[C@]3(C)[C@H](CC[C@@H]4[C@@]5(C)CC[C@H](OC(C)=O)C(C)(C)[C@@H]5CC[C@]43C)[C@@H]12. The van der Waals surface area contributed by atoms with Gasteiger partial charge in [0.1, 0.15) is 6.10 Å². The van der Waals surface area contributed by atoms with Crippen molar-refractivity contribution in [2.45, 2.75) is 164 Å². The van der Waals surface area contributed by atoms with E-state index in [0.717, 1.165) is 64.6 Å². The lowest BCUT2D eigenvalue weighted by atomic mass is 9.32. The van der Waals surface area contributed by atoms with E-state index in [1.54, 1.807) is 6.92 Å². The molecule has 52 heavy (non-hydrogen) atoms. The van der Waals surface area contributed by atoms with Crippen molar-refractivity contribution >= 4 is 11.9 Å². The van der Waals surface area contributed by atoms with Crippen LogP contribution in [0.25, 0.3) is 0 Å². The van der Waals surface area contributed by atoms with Crippen molar-refractivity contribution in [2.24, 2.45) is 56.7 Å². The first-order valence-electron chi connectivity index (χ1n) is 21.7. The predicted molar refractivity (Wildman–Crippen MR) is 208 cm³/mol. The summed E-state index contributed by atoms with van der Waals surface area (Å²) in [6.07, 6.45) is 18.6.